The normalized spacial score (nSPS) is 15.0. The maximum Gasteiger partial charge on any atom is 0.195 e. The Labute approximate surface area is 169 Å². The highest BCUT2D eigenvalue weighted by Crippen LogP contribution is 2.25. The maximum absolute atomic E-state index is 14.0. The standard InChI is InChI=1S/C23H25FN2O3/c1-16-22(25-20-5-2-4-19(24)21(20)23(16)27)17-6-8-18(9-7-17)29-13-3-10-26-11-14-28-15-12-26/h2,4-9H,3,10-15H2,1H3,(H,25,27). The summed E-state index contributed by atoms with van der Waals surface area (Å²) in [6, 6.07) is 12.3. The number of H-pyrrole nitrogens is 1. The first-order chi connectivity index (χ1) is 14.1. The zero-order valence-corrected chi connectivity index (χ0v) is 16.5. The number of aromatic amines is 1. The van der Waals surface area contributed by atoms with Gasteiger partial charge < -0.3 is 14.5 Å². The number of hydrogen-bond donors (Lipinski definition) is 1. The highest BCUT2D eigenvalue weighted by atomic mass is 19.1. The van der Waals surface area contributed by atoms with E-state index in [0.29, 0.717) is 23.4 Å². The molecule has 0 amide bonds. The van der Waals surface area contributed by atoms with Crippen molar-refractivity contribution < 1.29 is 13.9 Å². The molecule has 5 nitrogen and oxygen atoms in total. The summed E-state index contributed by atoms with van der Waals surface area (Å²) in [5.41, 5.74) is 2.29. The Balaban J connectivity index is 1.44. The van der Waals surface area contributed by atoms with Crippen LogP contribution in [0.5, 0.6) is 5.75 Å². The molecule has 3 aromatic rings. The molecular weight excluding hydrogens is 371 g/mol. The van der Waals surface area contributed by atoms with Gasteiger partial charge in [0.1, 0.15) is 11.6 Å². The predicted molar refractivity (Wildman–Crippen MR) is 112 cm³/mol. The lowest BCUT2D eigenvalue weighted by molar-refractivity contribution is 0.0358. The van der Waals surface area contributed by atoms with Crippen molar-refractivity contribution in [1.82, 2.24) is 9.88 Å². The topological polar surface area (TPSA) is 54.6 Å². The fourth-order valence-electron chi connectivity index (χ4n) is 3.70. The average molecular weight is 396 g/mol. The Kier molecular flexibility index (Phi) is 5.92. The molecule has 2 heterocycles. The minimum atomic E-state index is -0.501. The predicted octanol–water partition coefficient (Wildman–Crippen LogP) is 3.74. The number of fused-ring (bicyclic) bond motifs is 1. The van der Waals surface area contributed by atoms with Gasteiger partial charge >= 0.3 is 0 Å². The summed E-state index contributed by atoms with van der Waals surface area (Å²) in [4.78, 5) is 18.2. The monoisotopic (exact) mass is 396 g/mol. The van der Waals surface area contributed by atoms with Crippen LogP contribution in [0.15, 0.2) is 47.3 Å². The Morgan fingerprint density at radius 3 is 2.66 bits per heavy atom. The molecule has 6 heteroatoms. The molecule has 1 saturated heterocycles. The molecule has 0 atom stereocenters. The molecule has 1 fully saturated rings. The molecule has 29 heavy (non-hydrogen) atoms. The average Bonchev–Trinajstić information content (AvgIpc) is 2.75. The number of pyridine rings is 1. The molecule has 0 unspecified atom stereocenters. The molecule has 1 aliphatic heterocycles. The third-order valence-corrected chi connectivity index (χ3v) is 5.35. The molecule has 1 aliphatic rings. The van der Waals surface area contributed by atoms with E-state index in [2.05, 4.69) is 9.88 Å². The molecule has 1 aromatic heterocycles. The summed E-state index contributed by atoms with van der Waals surface area (Å²) in [5.74, 6) is 0.293. The number of hydrogen-bond acceptors (Lipinski definition) is 4. The Morgan fingerprint density at radius 1 is 1.14 bits per heavy atom. The summed E-state index contributed by atoms with van der Waals surface area (Å²) in [5, 5.41) is 0.106. The second kappa shape index (κ2) is 8.76. The number of aromatic nitrogens is 1. The fourth-order valence-corrected chi connectivity index (χ4v) is 3.70. The molecule has 0 aliphatic carbocycles. The smallest absolute Gasteiger partial charge is 0.195 e. The first kappa shape index (κ1) is 19.6. The van der Waals surface area contributed by atoms with Crippen LogP contribution in [0.4, 0.5) is 4.39 Å². The van der Waals surface area contributed by atoms with E-state index >= 15 is 0 Å². The first-order valence-corrected chi connectivity index (χ1v) is 9.98. The minimum Gasteiger partial charge on any atom is -0.494 e. The van der Waals surface area contributed by atoms with E-state index in [1.54, 1.807) is 19.1 Å². The molecule has 2 aromatic carbocycles. The molecule has 0 bridgehead atoms. The van der Waals surface area contributed by atoms with Gasteiger partial charge in [-0.3, -0.25) is 9.69 Å². The summed E-state index contributed by atoms with van der Waals surface area (Å²) < 4.78 is 25.2. The zero-order chi connectivity index (χ0) is 20.2. The van der Waals surface area contributed by atoms with Crippen molar-refractivity contribution in [1.29, 1.82) is 0 Å². The van der Waals surface area contributed by atoms with Gasteiger partial charge in [0.25, 0.3) is 0 Å². The van der Waals surface area contributed by atoms with Gasteiger partial charge in [0, 0.05) is 25.2 Å². The van der Waals surface area contributed by atoms with Gasteiger partial charge in [-0.05, 0) is 55.3 Å². The highest BCUT2D eigenvalue weighted by molar-refractivity contribution is 5.83. The van der Waals surface area contributed by atoms with Crippen molar-refractivity contribution in [3.63, 3.8) is 0 Å². The third kappa shape index (κ3) is 4.33. The van der Waals surface area contributed by atoms with Crippen LogP contribution in [-0.4, -0.2) is 49.3 Å². The van der Waals surface area contributed by atoms with E-state index in [-0.39, 0.29) is 10.8 Å². The van der Waals surface area contributed by atoms with Gasteiger partial charge in [0.15, 0.2) is 5.43 Å². The van der Waals surface area contributed by atoms with E-state index in [1.807, 2.05) is 24.3 Å². The second-order valence-electron chi connectivity index (χ2n) is 7.30. The Hall–Kier alpha value is -2.70. The Bertz CT molecular complexity index is 1040. The number of nitrogens with zero attached hydrogens (tertiary/aromatic N) is 1. The quantitative estimate of drug-likeness (QED) is 0.645. The third-order valence-electron chi connectivity index (χ3n) is 5.35. The van der Waals surface area contributed by atoms with Crippen LogP contribution in [0, 0.1) is 12.7 Å². The van der Waals surface area contributed by atoms with E-state index in [1.165, 1.54) is 6.07 Å². The van der Waals surface area contributed by atoms with Gasteiger partial charge in [-0.2, -0.15) is 0 Å². The molecule has 0 saturated carbocycles. The van der Waals surface area contributed by atoms with Crippen molar-refractivity contribution in [2.24, 2.45) is 0 Å². The van der Waals surface area contributed by atoms with Crippen LogP contribution in [0.25, 0.3) is 22.2 Å². The van der Waals surface area contributed by atoms with Gasteiger partial charge in [-0.15, -0.1) is 0 Å². The highest BCUT2D eigenvalue weighted by Gasteiger charge is 2.13. The number of ether oxygens (including phenoxy) is 2. The number of halogens is 1. The fraction of sp³-hybridized carbons (Fsp3) is 0.348. The maximum atomic E-state index is 14.0. The molecule has 152 valence electrons. The van der Waals surface area contributed by atoms with Gasteiger partial charge in [-0.1, -0.05) is 6.07 Å². The van der Waals surface area contributed by atoms with Crippen LogP contribution in [0.1, 0.15) is 12.0 Å². The Morgan fingerprint density at radius 2 is 1.90 bits per heavy atom. The summed E-state index contributed by atoms with van der Waals surface area (Å²) in [6.07, 6.45) is 0.963. The first-order valence-electron chi connectivity index (χ1n) is 9.98. The summed E-state index contributed by atoms with van der Waals surface area (Å²) in [7, 11) is 0. The van der Waals surface area contributed by atoms with Crippen molar-refractivity contribution in [3.8, 4) is 17.0 Å². The van der Waals surface area contributed by atoms with Gasteiger partial charge in [0.05, 0.1) is 36.4 Å². The zero-order valence-electron chi connectivity index (χ0n) is 16.5. The largest absolute Gasteiger partial charge is 0.494 e. The lowest BCUT2D eigenvalue weighted by Crippen LogP contribution is -2.37. The molecule has 0 spiro atoms. The lowest BCUT2D eigenvalue weighted by atomic mass is 10.0. The van der Waals surface area contributed by atoms with Crippen molar-refractivity contribution >= 4 is 10.9 Å². The summed E-state index contributed by atoms with van der Waals surface area (Å²) >= 11 is 0. The number of rotatable bonds is 6. The molecular formula is C23H25FN2O3. The van der Waals surface area contributed by atoms with E-state index in [4.69, 9.17) is 9.47 Å². The minimum absolute atomic E-state index is 0.106. The van der Waals surface area contributed by atoms with Crippen molar-refractivity contribution in [2.45, 2.75) is 13.3 Å². The number of morpholine rings is 1. The van der Waals surface area contributed by atoms with E-state index in [0.717, 1.165) is 50.6 Å². The lowest BCUT2D eigenvalue weighted by Gasteiger charge is -2.26. The number of nitrogens with one attached hydrogen (secondary N) is 1. The van der Waals surface area contributed by atoms with Crippen molar-refractivity contribution in [3.05, 3.63) is 64.1 Å². The van der Waals surface area contributed by atoms with Crippen LogP contribution in [0.2, 0.25) is 0 Å². The van der Waals surface area contributed by atoms with Gasteiger partial charge in [0.2, 0.25) is 0 Å². The van der Waals surface area contributed by atoms with Gasteiger partial charge in [-0.25, -0.2) is 4.39 Å². The molecule has 1 N–H and O–H groups in total. The van der Waals surface area contributed by atoms with Crippen molar-refractivity contribution in [2.75, 3.05) is 39.5 Å². The SMILES string of the molecule is Cc1c(-c2ccc(OCCCN3CCOCC3)cc2)[nH]c2cccc(F)c2c1=O. The van der Waals surface area contributed by atoms with E-state index < -0.39 is 5.82 Å². The summed E-state index contributed by atoms with van der Waals surface area (Å²) in [6.45, 7) is 6.98. The van der Waals surface area contributed by atoms with Crippen LogP contribution < -0.4 is 10.2 Å². The van der Waals surface area contributed by atoms with Crippen LogP contribution in [0.3, 0.4) is 0 Å². The van der Waals surface area contributed by atoms with E-state index in [9.17, 15) is 9.18 Å². The van der Waals surface area contributed by atoms with Crippen LogP contribution >= 0.6 is 0 Å². The number of benzene rings is 2. The second-order valence-corrected chi connectivity index (χ2v) is 7.30. The van der Waals surface area contributed by atoms with Crippen LogP contribution in [-0.2, 0) is 4.74 Å². The molecule has 0 radical (unpaired) electrons. The molecule has 4 rings (SSSR count).